The van der Waals surface area contributed by atoms with Crippen molar-refractivity contribution in [1.29, 1.82) is 0 Å². The van der Waals surface area contributed by atoms with Gasteiger partial charge in [-0.2, -0.15) is 0 Å². The number of nitrogens with zero attached hydrogens (tertiary/aromatic N) is 3. The molecule has 8 heteroatoms. The fourth-order valence-electron chi connectivity index (χ4n) is 4.60. The minimum atomic E-state index is -2.70. The Bertz CT molecular complexity index is 1140. The first-order valence-electron chi connectivity index (χ1n) is 12.0. The predicted octanol–water partition coefficient (Wildman–Crippen LogP) is 6.38. The SMILES string of the molecule is CCC.O=S(c1cccc(F)c1)n1cc(C(F)F)c2c(N3CCN(C4CCC4)CC3)cccc21. The molecule has 0 amide bonds. The Balaban J connectivity index is 0.000000868. The third-order valence-corrected chi connectivity index (χ3v) is 7.78. The van der Waals surface area contributed by atoms with E-state index in [1.807, 2.05) is 12.1 Å². The summed E-state index contributed by atoms with van der Waals surface area (Å²) in [6.45, 7) is 7.63. The largest absolute Gasteiger partial charge is 0.368 e. The monoisotopic (exact) mass is 491 g/mol. The van der Waals surface area contributed by atoms with E-state index in [1.54, 1.807) is 6.07 Å². The van der Waals surface area contributed by atoms with Gasteiger partial charge in [-0.3, -0.25) is 8.87 Å². The topological polar surface area (TPSA) is 28.5 Å². The molecule has 1 saturated carbocycles. The summed E-state index contributed by atoms with van der Waals surface area (Å²) in [7, 11) is -1.83. The Hall–Kier alpha value is -2.32. The molecular weight excluding hydrogens is 459 g/mol. The number of fused-ring (bicyclic) bond motifs is 1. The molecule has 5 rings (SSSR count). The van der Waals surface area contributed by atoms with Crippen LogP contribution in [0.5, 0.6) is 0 Å². The lowest BCUT2D eigenvalue weighted by molar-refractivity contribution is 0.120. The maximum absolute atomic E-state index is 14.0. The lowest BCUT2D eigenvalue weighted by Crippen LogP contribution is -2.52. The standard InChI is InChI=1S/C23H24F3N3OS.C3H8/c24-16-4-1-7-18(14-16)31(30)29-15-19(23(25)26)22-20(8-3-9-21(22)29)28-12-10-27(11-13-28)17-5-2-6-17;1-3-2/h1,3-4,7-9,14-15,17,23H,2,5-6,10-13H2;3H2,1-2H3. The van der Waals surface area contributed by atoms with Gasteiger partial charge in [0.15, 0.2) is 11.0 Å². The fraction of sp³-hybridized carbons (Fsp3) is 0.462. The van der Waals surface area contributed by atoms with Gasteiger partial charge < -0.3 is 4.90 Å². The maximum atomic E-state index is 14.0. The number of aromatic nitrogens is 1. The summed E-state index contributed by atoms with van der Waals surface area (Å²) in [5, 5.41) is 0.430. The molecule has 2 heterocycles. The van der Waals surface area contributed by atoms with Crippen molar-refractivity contribution in [2.75, 3.05) is 31.1 Å². The van der Waals surface area contributed by atoms with Crippen molar-refractivity contribution >= 4 is 27.6 Å². The molecule has 0 radical (unpaired) electrons. The highest BCUT2D eigenvalue weighted by Gasteiger charge is 2.30. The van der Waals surface area contributed by atoms with Crippen molar-refractivity contribution in [3.63, 3.8) is 0 Å². The second kappa shape index (κ2) is 11.0. The van der Waals surface area contributed by atoms with Gasteiger partial charge in [-0.1, -0.05) is 38.8 Å². The number of anilines is 1. The highest BCUT2D eigenvalue weighted by molar-refractivity contribution is 7.83. The first kappa shape index (κ1) is 24.8. The average molecular weight is 492 g/mol. The summed E-state index contributed by atoms with van der Waals surface area (Å²) in [4.78, 5) is 4.88. The quantitative estimate of drug-likeness (QED) is 0.415. The van der Waals surface area contributed by atoms with Crippen LogP contribution in [0.15, 0.2) is 53.6 Å². The first-order valence-corrected chi connectivity index (χ1v) is 13.1. The number of halogens is 3. The van der Waals surface area contributed by atoms with Crippen LogP contribution in [0.4, 0.5) is 18.9 Å². The molecule has 0 N–H and O–H groups in total. The number of benzene rings is 2. The van der Waals surface area contributed by atoms with Gasteiger partial charge in [0, 0.05) is 55.1 Å². The molecule has 1 aliphatic heterocycles. The highest BCUT2D eigenvalue weighted by atomic mass is 32.2. The lowest BCUT2D eigenvalue weighted by atomic mass is 9.91. The van der Waals surface area contributed by atoms with Crippen molar-refractivity contribution in [2.24, 2.45) is 0 Å². The van der Waals surface area contributed by atoms with Crippen LogP contribution in [0.3, 0.4) is 0 Å². The number of hydrogen-bond acceptors (Lipinski definition) is 3. The smallest absolute Gasteiger partial charge is 0.266 e. The van der Waals surface area contributed by atoms with E-state index in [-0.39, 0.29) is 10.5 Å². The minimum Gasteiger partial charge on any atom is -0.368 e. The normalized spacial score (nSPS) is 18.0. The number of rotatable bonds is 5. The van der Waals surface area contributed by atoms with E-state index >= 15 is 0 Å². The molecule has 1 unspecified atom stereocenters. The van der Waals surface area contributed by atoms with E-state index in [0.717, 1.165) is 31.9 Å². The Kier molecular flexibility index (Phi) is 7.99. The van der Waals surface area contributed by atoms with Crippen molar-refractivity contribution in [2.45, 2.75) is 56.9 Å². The van der Waals surface area contributed by atoms with Crippen LogP contribution in [0.1, 0.15) is 51.5 Å². The van der Waals surface area contributed by atoms with Gasteiger partial charge >= 0.3 is 0 Å². The van der Waals surface area contributed by atoms with Crippen LogP contribution >= 0.6 is 0 Å². The van der Waals surface area contributed by atoms with Gasteiger partial charge in [-0.05, 0) is 43.2 Å². The molecular formula is C26H32F3N3OS. The zero-order chi connectivity index (χ0) is 24.2. The molecule has 4 nitrogen and oxygen atoms in total. The Morgan fingerprint density at radius 1 is 1.03 bits per heavy atom. The Labute approximate surface area is 201 Å². The van der Waals surface area contributed by atoms with Crippen LogP contribution in [0.2, 0.25) is 0 Å². The highest BCUT2D eigenvalue weighted by Crippen LogP contribution is 2.38. The van der Waals surface area contributed by atoms with Crippen LogP contribution < -0.4 is 4.90 Å². The first-order chi connectivity index (χ1) is 16.4. The summed E-state index contributed by atoms with van der Waals surface area (Å²) in [5.41, 5.74) is 1.07. The number of piperazine rings is 1. The molecule has 2 fully saturated rings. The molecule has 2 aromatic carbocycles. The van der Waals surface area contributed by atoms with Crippen LogP contribution in [0, 0.1) is 5.82 Å². The summed E-state index contributed by atoms with van der Waals surface area (Å²) in [6, 6.07) is 11.5. The molecule has 3 aromatic rings. The molecule has 1 aliphatic carbocycles. The van der Waals surface area contributed by atoms with E-state index < -0.39 is 23.2 Å². The van der Waals surface area contributed by atoms with Crippen molar-refractivity contribution in [1.82, 2.24) is 8.87 Å². The maximum Gasteiger partial charge on any atom is 0.266 e. The minimum absolute atomic E-state index is 0.142. The van der Waals surface area contributed by atoms with Gasteiger partial charge in [-0.15, -0.1) is 0 Å². The molecule has 0 spiro atoms. The Morgan fingerprint density at radius 3 is 2.29 bits per heavy atom. The Morgan fingerprint density at radius 2 is 1.71 bits per heavy atom. The number of alkyl halides is 2. The summed E-state index contributed by atoms with van der Waals surface area (Å²) < 4.78 is 56.1. The average Bonchev–Trinajstić information content (AvgIpc) is 3.19. The van der Waals surface area contributed by atoms with E-state index in [4.69, 9.17) is 0 Å². The predicted molar refractivity (Wildman–Crippen MR) is 132 cm³/mol. The summed E-state index contributed by atoms with van der Waals surface area (Å²) in [5.74, 6) is -0.513. The number of hydrogen-bond donors (Lipinski definition) is 0. The fourth-order valence-corrected chi connectivity index (χ4v) is 5.78. The molecule has 0 bridgehead atoms. The van der Waals surface area contributed by atoms with Crippen molar-refractivity contribution in [3.8, 4) is 0 Å². The molecule has 2 aliphatic rings. The van der Waals surface area contributed by atoms with Crippen LogP contribution in [-0.4, -0.2) is 45.3 Å². The molecule has 34 heavy (non-hydrogen) atoms. The van der Waals surface area contributed by atoms with Crippen molar-refractivity contribution in [3.05, 3.63) is 60.0 Å². The zero-order valence-corrected chi connectivity index (χ0v) is 20.5. The second-order valence-electron chi connectivity index (χ2n) is 8.90. The second-order valence-corrected chi connectivity index (χ2v) is 10.3. The van der Waals surface area contributed by atoms with Crippen LogP contribution in [0.25, 0.3) is 10.9 Å². The van der Waals surface area contributed by atoms with E-state index in [9.17, 15) is 17.4 Å². The van der Waals surface area contributed by atoms with Crippen molar-refractivity contribution < 1.29 is 17.4 Å². The van der Waals surface area contributed by atoms with Gasteiger partial charge in [0.1, 0.15) is 5.82 Å². The molecule has 184 valence electrons. The molecule has 1 saturated heterocycles. The summed E-state index contributed by atoms with van der Waals surface area (Å²) in [6.07, 6.45) is 3.59. The lowest BCUT2D eigenvalue weighted by Gasteiger charge is -2.43. The van der Waals surface area contributed by atoms with Gasteiger partial charge in [0.05, 0.1) is 10.4 Å². The van der Waals surface area contributed by atoms with Crippen LogP contribution in [-0.2, 0) is 11.0 Å². The van der Waals surface area contributed by atoms with E-state index in [0.29, 0.717) is 16.9 Å². The molecule has 1 aromatic heterocycles. The third kappa shape index (κ3) is 5.03. The van der Waals surface area contributed by atoms with Gasteiger partial charge in [-0.25, -0.2) is 17.4 Å². The zero-order valence-electron chi connectivity index (χ0n) is 19.7. The van der Waals surface area contributed by atoms with E-state index in [1.165, 1.54) is 60.1 Å². The third-order valence-electron chi connectivity index (χ3n) is 6.46. The summed E-state index contributed by atoms with van der Waals surface area (Å²) >= 11 is 0. The van der Waals surface area contributed by atoms with Gasteiger partial charge in [0.2, 0.25) is 0 Å². The van der Waals surface area contributed by atoms with E-state index in [2.05, 4.69) is 23.6 Å². The molecule has 1 atom stereocenters. The van der Waals surface area contributed by atoms with Gasteiger partial charge in [0.25, 0.3) is 6.43 Å².